The van der Waals surface area contributed by atoms with Gasteiger partial charge in [-0.25, -0.2) is 14.4 Å². The maximum atomic E-state index is 13.0. The van der Waals surface area contributed by atoms with Gasteiger partial charge in [-0.2, -0.15) is 0 Å². The van der Waals surface area contributed by atoms with Gasteiger partial charge in [-0.3, -0.25) is 4.79 Å². The molecule has 26 heavy (non-hydrogen) atoms. The molecule has 0 fully saturated rings. The van der Waals surface area contributed by atoms with Gasteiger partial charge in [-0.1, -0.05) is 53.2 Å². The summed E-state index contributed by atoms with van der Waals surface area (Å²) in [5.41, 5.74) is 2.87. The molecule has 0 saturated carbocycles. The molecule has 3 aromatic rings. The van der Waals surface area contributed by atoms with E-state index in [4.69, 9.17) is 11.6 Å². The van der Waals surface area contributed by atoms with Crippen molar-refractivity contribution < 1.29 is 9.18 Å². The van der Waals surface area contributed by atoms with Crippen LogP contribution in [0.4, 0.5) is 10.1 Å². The molecule has 1 N–H and O–H groups in total. The third kappa shape index (κ3) is 4.80. The zero-order valence-electron chi connectivity index (χ0n) is 13.9. The topological polar surface area (TPSA) is 54.9 Å². The number of aromatic nitrogens is 2. The predicted molar refractivity (Wildman–Crippen MR) is 102 cm³/mol. The number of amides is 1. The summed E-state index contributed by atoms with van der Waals surface area (Å²) in [5, 5.41) is 3.26. The highest BCUT2D eigenvalue weighted by molar-refractivity contribution is 7.98. The van der Waals surface area contributed by atoms with Gasteiger partial charge in [0.2, 0.25) is 0 Å². The van der Waals surface area contributed by atoms with Crippen molar-refractivity contribution in [2.24, 2.45) is 0 Å². The fraction of sp³-hybridized carbons (Fsp3) is 0.105. The van der Waals surface area contributed by atoms with Crippen LogP contribution < -0.4 is 5.32 Å². The molecule has 1 aromatic heterocycles. The Labute approximate surface area is 159 Å². The van der Waals surface area contributed by atoms with Gasteiger partial charge in [-0.05, 0) is 36.8 Å². The number of benzene rings is 2. The molecule has 3 rings (SSSR count). The summed E-state index contributed by atoms with van der Waals surface area (Å²) in [5.74, 6) is -0.167. The molecule has 0 bridgehead atoms. The first-order valence-electron chi connectivity index (χ1n) is 7.79. The van der Waals surface area contributed by atoms with E-state index in [1.165, 1.54) is 47.8 Å². The molecule has 132 valence electrons. The van der Waals surface area contributed by atoms with E-state index in [1.807, 2.05) is 31.2 Å². The molecule has 0 aliphatic carbocycles. The van der Waals surface area contributed by atoms with Gasteiger partial charge in [-0.15, -0.1) is 0 Å². The lowest BCUT2D eigenvalue weighted by Crippen LogP contribution is -2.15. The Morgan fingerprint density at radius 2 is 1.85 bits per heavy atom. The van der Waals surface area contributed by atoms with Crippen LogP contribution in [0.2, 0.25) is 5.02 Å². The summed E-state index contributed by atoms with van der Waals surface area (Å²) in [6.45, 7) is 2.03. The fourth-order valence-electron chi connectivity index (χ4n) is 2.14. The third-order valence-corrected chi connectivity index (χ3v) is 4.74. The number of carbonyl (C=O) groups is 1. The zero-order chi connectivity index (χ0) is 18.5. The van der Waals surface area contributed by atoms with E-state index >= 15 is 0 Å². The van der Waals surface area contributed by atoms with Gasteiger partial charge in [0.05, 0.1) is 11.2 Å². The Morgan fingerprint density at radius 1 is 1.15 bits per heavy atom. The molecule has 0 atom stereocenters. The largest absolute Gasteiger partial charge is 0.321 e. The summed E-state index contributed by atoms with van der Waals surface area (Å²) < 4.78 is 13.0. The number of aryl methyl sites for hydroxylation is 1. The van der Waals surface area contributed by atoms with Crippen LogP contribution in [0.5, 0.6) is 0 Å². The van der Waals surface area contributed by atoms with Crippen LogP contribution in [0.25, 0.3) is 0 Å². The molecule has 0 unspecified atom stereocenters. The van der Waals surface area contributed by atoms with E-state index < -0.39 is 5.91 Å². The van der Waals surface area contributed by atoms with Gasteiger partial charge < -0.3 is 5.32 Å². The molecule has 1 heterocycles. The third-order valence-electron chi connectivity index (χ3n) is 3.53. The number of hydrogen-bond donors (Lipinski definition) is 1. The maximum absolute atomic E-state index is 13.0. The normalized spacial score (nSPS) is 10.6. The summed E-state index contributed by atoms with van der Waals surface area (Å²) in [6, 6.07) is 13.6. The SMILES string of the molecule is Cc1ccc(CSc2ncc(Cl)c(C(=O)Nc3ccc(F)cc3)n2)cc1. The maximum Gasteiger partial charge on any atom is 0.275 e. The van der Waals surface area contributed by atoms with Crippen molar-refractivity contribution in [1.29, 1.82) is 0 Å². The molecule has 7 heteroatoms. The van der Waals surface area contributed by atoms with E-state index in [0.717, 1.165) is 5.56 Å². The first kappa shape index (κ1) is 18.4. The zero-order valence-corrected chi connectivity index (χ0v) is 15.4. The molecule has 2 aromatic carbocycles. The van der Waals surface area contributed by atoms with Crippen molar-refractivity contribution in [2.45, 2.75) is 17.8 Å². The Morgan fingerprint density at radius 3 is 2.54 bits per heavy atom. The van der Waals surface area contributed by atoms with Crippen molar-refractivity contribution in [1.82, 2.24) is 9.97 Å². The van der Waals surface area contributed by atoms with Crippen molar-refractivity contribution >= 4 is 35.0 Å². The molecule has 0 radical (unpaired) electrons. The van der Waals surface area contributed by atoms with Gasteiger partial charge in [0.15, 0.2) is 10.9 Å². The molecule has 1 amide bonds. The number of halogens is 2. The Kier molecular flexibility index (Phi) is 5.85. The van der Waals surface area contributed by atoms with E-state index in [0.29, 0.717) is 16.6 Å². The first-order valence-corrected chi connectivity index (χ1v) is 9.15. The van der Waals surface area contributed by atoms with Crippen LogP contribution >= 0.6 is 23.4 Å². The van der Waals surface area contributed by atoms with Crippen molar-refractivity contribution in [2.75, 3.05) is 5.32 Å². The van der Waals surface area contributed by atoms with E-state index in [9.17, 15) is 9.18 Å². The highest BCUT2D eigenvalue weighted by Gasteiger charge is 2.15. The first-order chi connectivity index (χ1) is 12.5. The summed E-state index contributed by atoms with van der Waals surface area (Å²) in [4.78, 5) is 20.8. The van der Waals surface area contributed by atoms with Gasteiger partial charge in [0, 0.05) is 11.4 Å². The number of nitrogens with zero attached hydrogens (tertiary/aromatic N) is 2. The monoisotopic (exact) mass is 387 g/mol. The summed E-state index contributed by atoms with van der Waals surface area (Å²) >= 11 is 7.48. The van der Waals surface area contributed by atoms with Crippen molar-refractivity contribution in [3.05, 3.63) is 82.4 Å². The Bertz CT molecular complexity index is 917. The average Bonchev–Trinajstić information content (AvgIpc) is 2.64. The van der Waals surface area contributed by atoms with Crippen LogP contribution in [0.3, 0.4) is 0 Å². The highest BCUT2D eigenvalue weighted by Crippen LogP contribution is 2.23. The molecule has 0 aliphatic heterocycles. The highest BCUT2D eigenvalue weighted by atomic mass is 35.5. The standard InChI is InChI=1S/C19H15ClFN3OS/c1-12-2-4-13(5-3-12)11-26-19-22-10-16(20)17(24-19)18(25)23-15-8-6-14(21)7-9-15/h2-10H,11H2,1H3,(H,23,25). The Balaban J connectivity index is 1.71. The second-order valence-corrected chi connectivity index (χ2v) is 6.93. The van der Waals surface area contributed by atoms with Gasteiger partial charge in [0.25, 0.3) is 5.91 Å². The van der Waals surface area contributed by atoms with Gasteiger partial charge >= 0.3 is 0 Å². The van der Waals surface area contributed by atoms with E-state index in [1.54, 1.807) is 0 Å². The quantitative estimate of drug-likeness (QED) is 0.487. The van der Waals surface area contributed by atoms with E-state index in [-0.39, 0.29) is 16.5 Å². The second-order valence-electron chi connectivity index (χ2n) is 5.58. The number of carbonyl (C=O) groups excluding carboxylic acids is 1. The lowest BCUT2D eigenvalue weighted by molar-refractivity contribution is 0.102. The number of anilines is 1. The lowest BCUT2D eigenvalue weighted by Gasteiger charge is -2.07. The minimum Gasteiger partial charge on any atom is -0.321 e. The molecule has 0 spiro atoms. The summed E-state index contributed by atoms with van der Waals surface area (Å²) in [7, 11) is 0. The predicted octanol–water partition coefficient (Wildman–Crippen LogP) is 5.12. The lowest BCUT2D eigenvalue weighted by atomic mass is 10.2. The van der Waals surface area contributed by atoms with Gasteiger partial charge in [0.1, 0.15) is 5.82 Å². The molecular formula is C19H15ClFN3OS. The number of nitrogens with one attached hydrogen (secondary N) is 1. The minimum absolute atomic E-state index is 0.0809. The Hall–Kier alpha value is -2.44. The van der Waals surface area contributed by atoms with Crippen LogP contribution in [0, 0.1) is 12.7 Å². The number of hydrogen-bond acceptors (Lipinski definition) is 4. The smallest absolute Gasteiger partial charge is 0.275 e. The van der Waals surface area contributed by atoms with Crippen molar-refractivity contribution in [3.8, 4) is 0 Å². The average molecular weight is 388 g/mol. The van der Waals surface area contributed by atoms with Crippen LogP contribution in [-0.2, 0) is 5.75 Å². The number of thioether (sulfide) groups is 1. The molecule has 0 saturated heterocycles. The van der Waals surface area contributed by atoms with Crippen molar-refractivity contribution in [3.63, 3.8) is 0 Å². The number of rotatable bonds is 5. The minimum atomic E-state index is -0.471. The fourth-order valence-corrected chi connectivity index (χ4v) is 3.08. The summed E-state index contributed by atoms with van der Waals surface area (Å²) in [6.07, 6.45) is 1.41. The second kappa shape index (κ2) is 8.29. The molecule has 0 aliphatic rings. The molecule has 4 nitrogen and oxygen atoms in total. The molecular weight excluding hydrogens is 373 g/mol. The van der Waals surface area contributed by atoms with Crippen LogP contribution in [-0.4, -0.2) is 15.9 Å². The van der Waals surface area contributed by atoms with E-state index in [2.05, 4.69) is 15.3 Å². The van der Waals surface area contributed by atoms with Crippen LogP contribution in [0.1, 0.15) is 21.6 Å². The van der Waals surface area contributed by atoms with Crippen LogP contribution in [0.15, 0.2) is 59.9 Å².